The maximum Gasteiger partial charge on any atom is 0.166 e. The fraction of sp³-hybridized carbons (Fsp3) is 0.600. The molecule has 0 aliphatic carbocycles. The van der Waals surface area contributed by atoms with Gasteiger partial charge in [-0.05, 0) is 81.7 Å². The number of aliphatic hydroxyl groups is 1. The van der Waals surface area contributed by atoms with Crippen molar-refractivity contribution in [3.63, 3.8) is 0 Å². The third kappa shape index (κ3) is 3.38. The molecule has 1 aliphatic rings. The van der Waals surface area contributed by atoms with E-state index in [9.17, 15) is 5.11 Å². The zero-order valence-corrected chi connectivity index (χ0v) is 14.7. The van der Waals surface area contributed by atoms with E-state index < -0.39 is 11.8 Å². The zero-order valence-electron chi connectivity index (χ0n) is 12.6. The minimum absolute atomic E-state index is 0.599. The van der Waals surface area contributed by atoms with Gasteiger partial charge < -0.3 is 19.6 Å². The van der Waals surface area contributed by atoms with E-state index in [0.29, 0.717) is 0 Å². The Morgan fingerprint density at radius 2 is 2.10 bits per heavy atom. The third-order valence-corrected chi connectivity index (χ3v) is 4.20. The van der Waals surface area contributed by atoms with Crippen molar-refractivity contribution in [2.45, 2.75) is 32.1 Å². The summed E-state index contributed by atoms with van der Waals surface area (Å²) >= 11 is 2.29. The highest BCUT2D eigenvalue weighted by atomic mass is 127. The van der Waals surface area contributed by atoms with Gasteiger partial charge in [-0.25, -0.2) is 0 Å². The average Bonchev–Trinajstić information content (AvgIpc) is 2.34. The molecule has 1 unspecified atom stereocenters. The Kier molecular flexibility index (Phi) is 4.81. The van der Waals surface area contributed by atoms with E-state index in [2.05, 4.69) is 52.6 Å². The third-order valence-electron chi connectivity index (χ3n) is 3.52. The molecule has 2 rings (SSSR count). The Morgan fingerprint density at radius 1 is 1.40 bits per heavy atom. The van der Waals surface area contributed by atoms with Gasteiger partial charge in [0.05, 0.1) is 5.69 Å². The lowest BCUT2D eigenvalue weighted by Gasteiger charge is -2.45. The van der Waals surface area contributed by atoms with Crippen LogP contribution in [0, 0.1) is 3.57 Å². The minimum atomic E-state index is -0.629. The number of anilines is 1. The minimum Gasteiger partial charge on any atom is -0.481 e. The molecule has 1 aliphatic heterocycles. The summed E-state index contributed by atoms with van der Waals surface area (Å²) in [4.78, 5) is 4.22. The van der Waals surface area contributed by atoms with Gasteiger partial charge in [0.15, 0.2) is 6.23 Å². The summed E-state index contributed by atoms with van der Waals surface area (Å²) < 4.78 is 7.09. The molecule has 5 heteroatoms. The zero-order chi connectivity index (χ0) is 14.9. The van der Waals surface area contributed by atoms with Crippen LogP contribution < -0.4 is 9.64 Å². The molecule has 0 amide bonds. The van der Waals surface area contributed by atoms with Gasteiger partial charge in [-0.1, -0.05) is 0 Å². The molecule has 0 bridgehead atoms. The summed E-state index contributed by atoms with van der Waals surface area (Å²) in [6, 6.07) is 6.10. The largest absolute Gasteiger partial charge is 0.481 e. The normalized spacial score (nSPS) is 20.8. The standard InChI is InChI=1S/C15H23IN2O2/c1-15(2)14(19)18(9-5-8-17(3)4)12-10-11(16)6-7-13(12)20-15/h6-7,10,14,19H,5,8-9H2,1-4H3. The number of benzene rings is 1. The van der Waals surface area contributed by atoms with Crippen LogP contribution in [-0.4, -0.2) is 49.0 Å². The first-order chi connectivity index (χ1) is 9.31. The van der Waals surface area contributed by atoms with E-state index in [1.807, 2.05) is 26.0 Å². The van der Waals surface area contributed by atoms with E-state index in [-0.39, 0.29) is 0 Å². The number of halogens is 1. The Hall–Kier alpha value is -0.530. The smallest absolute Gasteiger partial charge is 0.166 e. The summed E-state index contributed by atoms with van der Waals surface area (Å²) in [5.41, 5.74) is 0.389. The molecular weight excluding hydrogens is 367 g/mol. The second-order valence-electron chi connectivity index (χ2n) is 6.04. The highest BCUT2D eigenvalue weighted by molar-refractivity contribution is 14.1. The van der Waals surface area contributed by atoms with E-state index in [1.165, 1.54) is 0 Å². The van der Waals surface area contributed by atoms with Crippen LogP contribution in [0.4, 0.5) is 5.69 Å². The quantitative estimate of drug-likeness (QED) is 0.802. The molecule has 0 aromatic heterocycles. The summed E-state index contributed by atoms with van der Waals surface area (Å²) in [5.74, 6) is 0.852. The number of rotatable bonds is 4. The topological polar surface area (TPSA) is 35.9 Å². The predicted molar refractivity (Wildman–Crippen MR) is 90.4 cm³/mol. The Labute approximate surface area is 134 Å². The van der Waals surface area contributed by atoms with Crippen molar-refractivity contribution in [2.75, 3.05) is 32.1 Å². The van der Waals surface area contributed by atoms with Gasteiger partial charge in [0, 0.05) is 10.1 Å². The van der Waals surface area contributed by atoms with Crippen LogP contribution in [-0.2, 0) is 0 Å². The fourth-order valence-electron chi connectivity index (χ4n) is 2.44. The lowest BCUT2D eigenvalue weighted by molar-refractivity contribution is -0.0406. The molecule has 112 valence electrons. The van der Waals surface area contributed by atoms with Gasteiger partial charge in [0.25, 0.3) is 0 Å². The molecule has 20 heavy (non-hydrogen) atoms. The maximum atomic E-state index is 10.6. The number of hydrogen-bond acceptors (Lipinski definition) is 4. The number of nitrogens with zero attached hydrogens (tertiary/aromatic N) is 2. The van der Waals surface area contributed by atoms with Gasteiger partial charge in [0.2, 0.25) is 0 Å². The van der Waals surface area contributed by atoms with Gasteiger partial charge in [-0.3, -0.25) is 0 Å². The van der Waals surface area contributed by atoms with E-state index in [4.69, 9.17) is 4.74 Å². The molecule has 1 aromatic carbocycles. The second-order valence-corrected chi connectivity index (χ2v) is 7.29. The van der Waals surface area contributed by atoms with Crippen LogP contribution >= 0.6 is 22.6 Å². The fourth-order valence-corrected chi connectivity index (χ4v) is 2.92. The second kappa shape index (κ2) is 6.07. The molecule has 1 heterocycles. The molecule has 0 fully saturated rings. The molecule has 0 spiro atoms. The Bertz CT molecular complexity index is 477. The van der Waals surface area contributed by atoms with Crippen LogP contribution in [0.15, 0.2) is 18.2 Å². The number of ether oxygens (including phenoxy) is 1. The first-order valence-electron chi connectivity index (χ1n) is 6.89. The van der Waals surface area contributed by atoms with Crippen LogP contribution in [0.25, 0.3) is 0 Å². The lowest BCUT2D eigenvalue weighted by atomic mass is 10.0. The number of aliphatic hydroxyl groups excluding tert-OH is 1. The maximum absolute atomic E-state index is 10.6. The van der Waals surface area contributed by atoms with Crippen molar-refractivity contribution in [1.82, 2.24) is 4.90 Å². The van der Waals surface area contributed by atoms with Crippen molar-refractivity contribution in [1.29, 1.82) is 0 Å². The molecule has 0 radical (unpaired) electrons. The van der Waals surface area contributed by atoms with Crippen LogP contribution in [0.1, 0.15) is 20.3 Å². The molecule has 1 aromatic rings. The SMILES string of the molecule is CN(C)CCCN1c2cc(I)ccc2OC(C)(C)C1O. The van der Waals surface area contributed by atoms with Crippen LogP contribution in [0.3, 0.4) is 0 Å². The van der Waals surface area contributed by atoms with Gasteiger partial charge >= 0.3 is 0 Å². The van der Waals surface area contributed by atoms with Crippen LogP contribution in [0.2, 0.25) is 0 Å². The summed E-state index contributed by atoms with van der Waals surface area (Å²) in [5, 5.41) is 10.6. The van der Waals surface area contributed by atoms with Crippen molar-refractivity contribution >= 4 is 28.3 Å². The molecule has 0 saturated carbocycles. The average molecular weight is 390 g/mol. The summed E-state index contributed by atoms with van der Waals surface area (Å²) in [7, 11) is 4.13. The molecule has 0 saturated heterocycles. The number of hydrogen-bond donors (Lipinski definition) is 1. The van der Waals surface area contributed by atoms with Gasteiger partial charge in [0.1, 0.15) is 11.4 Å². The molecule has 1 atom stereocenters. The van der Waals surface area contributed by atoms with Crippen LogP contribution in [0.5, 0.6) is 5.75 Å². The first kappa shape index (κ1) is 15.9. The molecule has 1 N–H and O–H groups in total. The van der Waals surface area contributed by atoms with Crippen molar-refractivity contribution in [3.8, 4) is 5.75 Å². The number of fused-ring (bicyclic) bond motifs is 1. The molecule has 4 nitrogen and oxygen atoms in total. The van der Waals surface area contributed by atoms with Crippen molar-refractivity contribution in [3.05, 3.63) is 21.8 Å². The Morgan fingerprint density at radius 3 is 2.75 bits per heavy atom. The first-order valence-corrected chi connectivity index (χ1v) is 7.97. The van der Waals surface area contributed by atoms with Gasteiger partial charge in [-0.15, -0.1) is 0 Å². The summed E-state index contributed by atoms with van der Waals surface area (Å²) in [6.07, 6.45) is 0.376. The highest BCUT2D eigenvalue weighted by Gasteiger charge is 2.40. The van der Waals surface area contributed by atoms with E-state index in [0.717, 1.165) is 34.5 Å². The predicted octanol–water partition coefficient (Wildman–Crippen LogP) is 2.54. The van der Waals surface area contributed by atoms with E-state index >= 15 is 0 Å². The Balaban J connectivity index is 2.25. The van der Waals surface area contributed by atoms with Gasteiger partial charge in [-0.2, -0.15) is 0 Å². The summed E-state index contributed by atoms with van der Waals surface area (Å²) in [6.45, 7) is 5.68. The molecular formula is C15H23IN2O2. The van der Waals surface area contributed by atoms with E-state index in [1.54, 1.807) is 0 Å². The highest BCUT2D eigenvalue weighted by Crippen LogP contribution is 2.40. The monoisotopic (exact) mass is 390 g/mol. The van der Waals surface area contributed by atoms with Crippen molar-refractivity contribution < 1.29 is 9.84 Å². The van der Waals surface area contributed by atoms with Crippen molar-refractivity contribution in [2.24, 2.45) is 0 Å². The lowest BCUT2D eigenvalue weighted by Crippen LogP contribution is -2.56.